The van der Waals surface area contributed by atoms with E-state index in [0.717, 1.165) is 24.0 Å². The fourth-order valence-corrected chi connectivity index (χ4v) is 7.23. The SMILES string of the molecule is C[C@@H]1O[C@@H](Oc2ccc([C@@H]3CC(=O)NCCCN(C(=O)C=Cc4ccccc4)CCCCN3)cc2)[C@H](O[C@@H]2O[C@H](COC(=O)c3ccccc3)[C@@H](O)[C@H](O)[C@H]2O)[C@H](O)[C@H]1O. The number of carbonyl (C=O) groups excluding carboxylic acids is 3. The molecule has 7 N–H and O–H groups in total. The van der Waals surface area contributed by atoms with Crippen LogP contribution in [0.2, 0.25) is 0 Å². The van der Waals surface area contributed by atoms with Crippen molar-refractivity contribution in [3.63, 3.8) is 0 Å². The predicted octanol–water partition coefficient (Wildman–Crippen LogP) is 1.44. The maximum absolute atomic E-state index is 13.0. The van der Waals surface area contributed by atoms with Gasteiger partial charge in [-0.2, -0.15) is 0 Å². The van der Waals surface area contributed by atoms with Crippen LogP contribution in [0.5, 0.6) is 5.75 Å². The van der Waals surface area contributed by atoms with Crippen LogP contribution in [0.1, 0.15) is 60.1 Å². The molecule has 16 nitrogen and oxygen atoms in total. The number of aliphatic hydroxyl groups excluding tert-OH is 5. The van der Waals surface area contributed by atoms with Crippen LogP contribution < -0.4 is 15.4 Å². The average molecular weight is 834 g/mol. The van der Waals surface area contributed by atoms with Gasteiger partial charge in [0.25, 0.3) is 0 Å². The van der Waals surface area contributed by atoms with E-state index >= 15 is 0 Å². The summed E-state index contributed by atoms with van der Waals surface area (Å²) in [6.07, 6.45) is -9.33. The summed E-state index contributed by atoms with van der Waals surface area (Å²) < 4.78 is 29.0. The molecule has 60 heavy (non-hydrogen) atoms. The lowest BCUT2D eigenvalue weighted by Gasteiger charge is -2.45. The van der Waals surface area contributed by atoms with Gasteiger partial charge in [0.05, 0.1) is 11.7 Å². The third kappa shape index (κ3) is 12.0. The Balaban J connectivity index is 1.07. The summed E-state index contributed by atoms with van der Waals surface area (Å²) in [4.78, 5) is 40.4. The molecular formula is C44H55N3O13. The molecule has 0 unspecified atom stereocenters. The summed E-state index contributed by atoms with van der Waals surface area (Å²) in [6.45, 7) is 3.16. The Labute approximate surface area is 348 Å². The third-order valence-corrected chi connectivity index (χ3v) is 10.8. The first-order valence-corrected chi connectivity index (χ1v) is 20.4. The van der Waals surface area contributed by atoms with Crippen LogP contribution in [0, 0.1) is 0 Å². The number of esters is 1. The van der Waals surface area contributed by atoms with Crippen molar-refractivity contribution in [2.45, 2.75) is 100 Å². The third-order valence-electron chi connectivity index (χ3n) is 10.8. The average Bonchev–Trinajstić information content (AvgIpc) is 3.28. The maximum atomic E-state index is 13.0. The van der Waals surface area contributed by atoms with Crippen molar-refractivity contribution in [1.29, 1.82) is 0 Å². The van der Waals surface area contributed by atoms with Gasteiger partial charge in [-0.1, -0.05) is 60.7 Å². The lowest BCUT2D eigenvalue weighted by atomic mass is 9.97. The lowest BCUT2D eigenvalue weighted by Crippen LogP contribution is -2.64. The molecular weight excluding hydrogens is 778 g/mol. The summed E-state index contributed by atoms with van der Waals surface area (Å²) in [6, 6.07) is 24.3. The molecule has 0 radical (unpaired) electrons. The molecule has 3 aliphatic heterocycles. The minimum Gasteiger partial charge on any atom is -0.462 e. The van der Waals surface area contributed by atoms with Crippen molar-refractivity contribution in [3.05, 3.63) is 108 Å². The Kier molecular flexibility index (Phi) is 16.2. The van der Waals surface area contributed by atoms with Crippen molar-refractivity contribution in [2.24, 2.45) is 0 Å². The van der Waals surface area contributed by atoms with Gasteiger partial charge >= 0.3 is 5.97 Å². The van der Waals surface area contributed by atoms with E-state index in [1.54, 1.807) is 66.7 Å². The lowest BCUT2D eigenvalue weighted by molar-refractivity contribution is -0.355. The molecule has 6 rings (SSSR count). The molecule has 0 saturated carbocycles. The molecule has 3 fully saturated rings. The molecule has 324 valence electrons. The van der Waals surface area contributed by atoms with Crippen LogP contribution in [0.4, 0.5) is 0 Å². The zero-order valence-corrected chi connectivity index (χ0v) is 33.4. The molecule has 0 aromatic heterocycles. The second-order valence-electron chi connectivity index (χ2n) is 15.1. The minimum absolute atomic E-state index is 0.0731. The Morgan fingerprint density at radius 2 is 1.48 bits per heavy atom. The zero-order chi connectivity index (χ0) is 42.6. The van der Waals surface area contributed by atoms with Crippen LogP contribution in [-0.2, 0) is 28.5 Å². The molecule has 0 spiro atoms. The summed E-state index contributed by atoms with van der Waals surface area (Å²) in [5.41, 5.74) is 2.00. The molecule has 3 aliphatic rings. The van der Waals surface area contributed by atoms with Crippen LogP contribution in [0.3, 0.4) is 0 Å². The molecule has 3 aromatic rings. The number of hydrogen-bond acceptors (Lipinski definition) is 14. The number of amides is 2. The smallest absolute Gasteiger partial charge is 0.338 e. The van der Waals surface area contributed by atoms with Crippen molar-refractivity contribution >= 4 is 23.9 Å². The van der Waals surface area contributed by atoms with E-state index in [1.165, 1.54) is 6.92 Å². The first-order chi connectivity index (χ1) is 29.0. The molecule has 3 saturated heterocycles. The van der Waals surface area contributed by atoms with E-state index in [1.807, 2.05) is 35.2 Å². The summed E-state index contributed by atoms with van der Waals surface area (Å²) in [5, 5.41) is 60.4. The van der Waals surface area contributed by atoms with Gasteiger partial charge in [-0.15, -0.1) is 0 Å². The highest BCUT2D eigenvalue weighted by Crippen LogP contribution is 2.31. The van der Waals surface area contributed by atoms with Crippen LogP contribution >= 0.6 is 0 Å². The molecule has 2 amide bonds. The fourth-order valence-electron chi connectivity index (χ4n) is 7.23. The van der Waals surface area contributed by atoms with Gasteiger partial charge in [0.15, 0.2) is 12.4 Å². The Bertz CT molecular complexity index is 1850. The van der Waals surface area contributed by atoms with Gasteiger partial charge < -0.3 is 64.8 Å². The van der Waals surface area contributed by atoms with Crippen LogP contribution in [0.15, 0.2) is 91.0 Å². The topological polar surface area (TPSA) is 226 Å². The summed E-state index contributed by atoms with van der Waals surface area (Å²) >= 11 is 0. The van der Waals surface area contributed by atoms with Crippen molar-refractivity contribution in [3.8, 4) is 5.75 Å². The number of hydrogen-bond donors (Lipinski definition) is 7. The molecule has 11 atom stereocenters. The molecule has 3 heterocycles. The Morgan fingerprint density at radius 3 is 2.22 bits per heavy atom. The highest BCUT2D eigenvalue weighted by atomic mass is 16.8. The molecule has 16 heteroatoms. The van der Waals surface area contributed by atoms with Gasteiger partial charge in [-0.25, -0.2) is 4.79 Å². The first-order valence-electron chi connectivity index (χ1n) is 20.4. The van der Waals surface area contributed by atoms with E-state index in [2.05, 4.69) is 10.6 Å². The van der Waals surface area contributed by atoms with Crippen molar-refractivity contribution < 1.29 is 63.6 Å². The van der Waals surface area contributed by atoms with Crippen LogP contribution in [0.25, 0.3) is 6.08 Å². The highest BCUT2D eigenvalue weighted by Gasteiger charge is 2.51. The molecule has 0 bridgehead atoms. The number of benzene rings is 3. The summed E-state index contributed by atoms with van der Waals surface area (Å²) in [7, 11) is 0. The van der Waals surface area contributed by atoms with E-state index in [0.29, 0.717) is 38.3 Å². The second-order valence-corrected chi connectivity index (χ2v) is 15.1. The normalized spacial score (nSPS) is 30.9. The Hall–Kier alpha value is -4.75. The predicted molar refractivity (Wildman–Crippen MR) is 216 cm³/mol. The largest absolute Gasteiger partial charge is 0.462 e. The van der Waals surface area contributed by atoms with Crippen molar-refractivity contribution in [1.82, 2.24) is 15.5 Å². The maximum Gasteiger partial charge on any atom is 0.338 e. The highest BCUT2D eigenvalue weighted by molar-refractivity contribution is 5.91. The first kappa shape index (κ1) is 44.8. The van der Waals surface area contributed by atoms with Crippen LogP contribution in [-0.4, -0.2) is 142 Å². The minimum atomic E-state index is -1.81. The van der Waals surface area contributed by atoms with Gasteiger partial charge in [0.1, 0.15) is 49.0 Å². The number of rotatable bonds is 10. The van der Waals surface area contributed by atoms with Crippen molar-refractivity contribution in [2.75, 3.05) is 32.8 Å². The van der Waals surface area contributed by atoms with E-state index in [4.69, 9.17) is 23.7 Å². The van der Waals surface area contributed by atoms with Gasteiger partial charge in [0, 0.05) is 38.2 Å². The monoisotopic (exact) mass is 833 g/mol. The molecule has 0 aliphatic carbocycles. The van der Waals surface area contributed by atoms with Gasteiger partial charge in [-0.3, -0.25) is 9.59 Å². The number of ether oxygens (including phenoxy) is 5. The number of aliphatic hydroxyl groups is 5. The van der Waals surface area contributed by atoms with E-state index in [9.17, 15) is 39.9 Å². The fraction of sp³-hybridized carbons (Fsp3) is 0.477. The van der Waals surface area contributed by atoms with Gasteiger partial charge in [0.2, 0.25) is 18.1 Å². The number of nitrogens with zero attached hydrogens (tertiary/aromatic N) is 1. The summed E-state index contributed by atoms with van der Waals surface area (Å²) in [5.74, 6) is -0.630. The van der Waals surface area contributed by atoms with Gasteiger partial charge in [-0.05, 0) is 74.2 Å². The number of carbonyl (C=O) groups is 3. The Morgan fingerprint density at radius 1 is 0.783 bits per heavy atom. The number of nitrogens with one attached hydrogen (secondary N) is 2. The molecule has 3 aromatic carbocycles. The second kappa shape index (κ2) is 21.7. The quantitative estimate of drug-likeness (QED) is 0.114. The van der Waals surface area contributed by atoms with E-state index < -0.39 is 74.0 Å². The zero-order valence-electron chi connectivity index (χ0n) is 33.4. The van der Waals surface area contributed by atoms with E-state index in [-0.39, 0.29) is 29.8 Å². The standard InChI is InChI=1S/C44H55N3O13/c1-27-36(50)39(53)41(60-43-40(54)38(52)37(51)33(59-43)26-56-42(55)30-13-6-3-7-14-30)44(57-27)58-31-18-16-29(17-19-31)32-25-34(48)46-22-10-24-47(23-9-8-21-45-32)35(49)20-15-28-11-4-2-5-12-28/h2-7,11-20,27,32-33,36-41,43-45,50-54H,8-10,21-26H2,1H3,(H,46,48)/t27-,32-,33+,36-,37+,38-,39+,40+,41+,43-,44-/m0/s1.